The van der Waals surface area contributed by atoms with E-state index in [1.165, 1.54) is 0 Å². The number of carbonyl (C=O) groups excluding carboxylic acids is 1. The zero-order chi connectivity index (χ0) is 19.6. The van der Waals surface area contributed by atoms with E-state index in [1.807, 2.05) is 41.0 Å². The second-order valence-corrected chi connectivity index (χ2v) is 7.81. The summed E-state index contributed by atoms with van der Waals surface area (Å²) in [6.07, 6.45) is 5.56. The number of likely N-dealkylation sites (tertiary alicyclic amines) is 1. The minimum Gasteiger partial charge on any atom is -0.351 e. The standard InChI is InChI=1S/C22H27N5O/c1-3-26-13-7-11-22(2,15-26)21(28)24-14-17-8-6-12-23-20(17)27-16-25-18-9-4-5-10-19(18)27/h4-6,8-10,12,16H,3,7,11,13-15H2,1-2H3,(H,24,28). The summed E-state index contributed by atoms with van der Waals surface area (Å²) in [5.41, 5.74) is 2.58. The smallest absolute Gasteiger partial charge is 0.227 e. The topological polar surface area (TPSA) is 63.1 Å². The highest BCUT2D eigenvalue weighted by Crippen LogP contribution is 2.30. The van der Waals surface area contributed by atoms with E-state index in [-0.39, 0.29) is 11.3 Å². The lowest BCUT2D eigenvalue weighted by atomic mass is 9.81. The summed E-state index contributed by atoms with van der Waals surface area (Å²) in [5, 5.41) is 3.16. The lowest BCUT2D eigenvalue weighted by Crippen LogP contribution is -2.50. The predicted octanol–water partition coefficient (Wildman–Crippen LogP) is 3.16. The molecule has 28 heavy (non-hydrogen) atoms. The van der Waals surface area contributed by atoms with Crippen molar-refractivity contribution in [2.75, 3.05) is 19.6 Å². The van der Waals surface area contributed by atoms with Crippen LogP contribution in [0, 0.1) is 5.41 Å². The van der Waals surface area contributed by atoms with Crippen molar-refractivity contribution in [2.45, 2.75) is 33.2 Å². The van der Waals surface area contributed by atoms with Crippen LogP contribution in [0.5, 0.6) is 0 Å². The maximum Gasteiger partial charge on any atom is 0.227 e. The molecule has 6 nitrogen and oxygen atoms in total. The predicted molar refractivity (Wildman–Crippen MR) is 110 cm³/mol. The van der Waals surface area contributed by atoms with Crippen LogP contribution in [0.1, 0.15) is 32.3 Å². The van der Waals surface area contributed by atoms with Gasteiger partial charge < -0.3 is 10.2 Å². The van der Waals surface area contributed by atoms with Crippen molar-refractivity contribution in [2.24, 2.45) is 5.41 Å². The summed E-state index contributed by atoms with van der Waals surface area (Å²) in [5.74, 6) is 0.927. The molecule has 0 aliphatic carbocycles. The summed E-state index contributed by atoms with van der Waals surface area (Å²) >= 11 is 0. The monoisotopic (exact) mass is 377 g/mol. The van der Waals surface area contributed by atoms with Crippen LogP contribution >= 0.6 is 0 Å². The number of nitrogens with zero attached hydrogens (tertiary/aromatic N) is 4. The van der Waals surface area contributed by atoms with Gasteiger partial charge in [-0.3, -0.25) is 9.36 Å². The number of para-hydroxylation sites is 2. The van der Waals surface area contributed by atoms with Gasteiger partial charge in [0, 0.05) is 24.8 Å². The molecule has 1 saturated heterocycles. The molecule has 6 heteroatoms. The van der Waals surface area contributed by atoms with Gasteiger partial charge in [0.1, 0.15) is 12.1 Å². The molecule has 146 valence electrons. The molecule has 1 N–H and O–H groups in total. The summed E-state index contributed by atoms with van der Waals surface area (Å²) in [6, 6.07) is 11.9. The summed E-state index contributed by atoms with van der Waals surface area (Å²) < 4.78 is 1.98. The molecule has 2 aromatic heterocycles. The first-order chi connectivity index (χ1) is 13.6. The van der Waals surface area contributed by atoms with Crippen molar-refractivity contribution in [1.82, 2.24) is 24.8 Å². The van der Waals surface area contributed by atoms with Crippen LogP contribution in [-0.2, 0) is 11.3 Å². The Balaban J connectivity index is 1.54. The van der Waals surface area contributed by atoms with Crippen molar-refractivity contribution in [3.8, 4) is 5.82 Å². The third-order valence-corrected chi connectivity index (χ3v) is 5.76. The molecule has 1 aromatic carbocycles. The Morgan fingerprint density at radius 1 is 1.21 bits per heavy atom. The van der Waals surface area contributed by atoms with Crippen molar-refractivity contribution < 1.29 is 4.79 Å². The maximum atomic E-state index is 13.0. The molecule has 0 spiro atoms. The minimum atomic E-state index is -0.335. The van der Waals surface area contributed by atoms with Gasteiger partial charge in [0.2, 0.25) is 5.91 Å². The molecule has 1 atom stereocenters. The van der Waals surface area contributed by atoms with Crippen LogP contribution in [0.2, 0.25) is 0 Å². The molecule has 1 unspecified atom stereocenters. The highest BCUT2D eigenvalue weighted by atomic mass is 16.2. The van der Waals surface area contributed by atoms with E-state index in [0.717, 1.165) is 54.9 Å². The van der Waals surface area contributed by atoms with E-state index in [1.54, 1.807) is 12.5 Å². The number of hydrogen-bond acceptors (Lipinski definition) is 4. The van der Waals surface area contributed by atoms with Gasteiger partial charge in [-0.05, 0) is 51.1 Å². The first kappa shape index (κ1) is 18.6. The van der Waals surface area contributed by atoms with Crippen LogP contribution in [-0.4, -0.2) is 45.0 Å². The summed E-state index contributed by atoms with van der Waals surface area (Å²) in [6.45, 7) is 7.58. The lowest BCUT2D eigenvalue weighted by molar-refractivity contribution is -0.133. The third-order valence-electron chi connectivity index (χ3n) is 5.76. The lowest BCUT2D eigenvalue weighted by Gasteiger charge is -2.38. The fraction of sp³-hybridized carbons (Fsp3) is 0.409. The number of amides is 1. The summed E-state index contributed by atoms with van der Waals surface area (Å²) in [7, 11) is 0. The molecule has 0 saturated carbocycles. The largest absolute Gasteiger partial charge is 0.351 e. The van der Waals surface area contributed by atoms with Crippen LogP contribution in [0.3, 0.4) is 0 Å². The fourth-order valence-electron chi connectivity index (χ4n) is 4.10. The molecule has 1 fully saturated rings. The average Bonchev–Trinajstić information content (AvgIpc) is 3.16. The SMILES string of the molecule is CCN1CCCC(C)(C(=O)NCc2cccnc2-n2cnc3ccccc32)C1. The van der Waals surface area contributed by atoms with Crippen molar-refractivity contribution >= 4 is 16.9 Å². The quantitative estimate of drug-likeness (QED) is 0.742. The van der Waals surface area contributed by atoms with Gasteiger partial charge >= 0.3 is 0 Å². The van der Waals surface area contributed by atoms with Gasteiger partial charge in [0.15, 0.2) is 0 Å². The zero-order valence-corrected chi connectivity index (χ0v) is 16.6. The number of benzene rings is 1. The van der Waals surface area contributed by atoms with E-state index in [9.17, 15) is 4.79 Å². The number of rotatable bonds is 5. The van der Waals surface area contributed by atoms with Gasteiger partial charge in [-0.2, -0.15) is 0 Å². The number of piperidine rings is 1. The number of nitrogens with one attached hydrogen (secondary N) is 1. The number of fused-ring (bicyclic) bond motifs is 1. The van der Waals surface area contributed by atoms with Gasteiger partial charge in [-0.15, -0.1) is 0 Å². The number of carbonyl (C=O) groups is 1. The molecule has 0 radical (unpaired) electrons. The van der Waals surface area contributed by atoms with Gasteiger partial charge in [0.05, 0.1) is 16.4 Å². The normalized spacial score (nSPS) is 20.4. The number of pyridine rings is 1. The average molecular weight is 377 g/mol. The molecular weight excluding hydrogens is 350 g/mol. The minimum absolute atomic E-state index is 0.121. The zero-order valence-electron chi connectivity index (χ0n) is 16.6. The Morgan fingerprint density at radius 3 is 2.93 bits per heavy atom. The van der Waals surface area contributed by atoms with Gasteiger partial charge in [-0.1, -0.05) is 25.1 Å². The number of aromatic nitrogens is 3. The molecule has 4 rings (SSSR count). The Kier molecular flexibility index (Phi) is 5.13. The second kappa shape index (κ2) is 7.72. The molecule has 1 amide bonds. The van der Waals surface area contributed by atoms with Crippen molar-refractivity contribution in [1.29, 1.82) is 0 Å². The third kappa shape index (κ3) is 3.52. The number of hydrogen-bond donors (Lipinski definition) is 1. The Bertz CT molecular complexity index is 982. The summed E-state index contributed by atoms with van der Waals surface area (Å²) in [4.78, 5) is 24.4. The first-order valence-corrected chi connectivity index (χ1v) is 9.98. The molecule has 3 heterocycles. The van der Waals surface area contributed by atoms with Crippen LogP contribution in [0.4, 0.5) is 0 Å². The Labute approximate surface area is 165 Å². The molecular formula is C22H27N5O. The molecule has 3 aromatic rings. The van der Waals surface area contributed by atoms with Crippen LogP contribution < -0.4 is 5.32 Å². The fourth-order valence-corrected chi connectivity index (χ4v) is 4.10. The van der Waals surface area contributed by atoms with Crippen molar-refractivity contribution in [3.63, 3.8) is 0 Å². The van der Waals surface area contributed by atoms with E-state index in [4.69, 9.17) is 0 Å². The van der Waals surface area contributed by atoms with E-state index >= 15 is 0 Å². The first-order valence-electron chi connectivity index (χ1n) is 9.98. The molecule has 1 aliphatic rings. The molecule has 0 bridgehead atoms. The van der Waals surface area contributed by atoms with E-state index in [0.29, 0.717) is 6.54 Å². The second-order valence-electron chi connectivity index (χ2n) is 7.81. The van der Waals surface area contributed by atoms with E-state index in [2.05, 4.69) is 34.0 Å². The number of imidazole rings is 1. The maximum absolute atomic E-state index is 13.0. The highest BCUT2D eigenvalue weighted by Gasteiger charge is 2.37. The highest BCUT2D eigenvalue weighted by molar-refractivity contribution is 5.82. The molecule has 1 aliphatic heterocycles. The Morgan fingerprint density at radius 2 is 2.07 bits per heavy atom. The van der Waals surface area contributed by atoms with E-state index < -0.39 is 0 Å². The Hall–Kier alpha value is -2.73. The van der Waals surface area contributed by atoms with Crippen LogP contribution in [0.15, 0.2) is 48.9 Å². The van der Waals surface area contributed by atoms with Gasteiger partial charge in [0.25, 0.3) is 0 Å². The van der Waals surface area contributed by atoms with Gasteiger partial charge in [-0.25, -0.2) is 9.97 Å². The van der Waals surface area contributed by atoms with Crippen molar-refractivity contribution in [3.05, 3.63) is 54.5 Å². The van der Waals surface area contributed by atoms with Crippen LogP contribution in [0.25, 0.3) is 16.9 Å².